The SMILES string of the molecule is COCCOc1c(Cl)cccc1NC(=O)C1CC12CCNCC2. The average molecular weight is 339 g/mol. The monoisotopic (exact) mass is 338 g/mol. The van der Waals surface area contributed by atoms with Gasteiger partial charge in [-0.25, -0.2) is 0 Å². The quantitative estimate of drug-likeness (QED) is 0.783. The molecule has 1 spiro atoms. The van der Waals surface area contributed by atoms with E-state index in [4.69, 9.17) is 21.1 Å². The molecule has 1 aliphatic carbocycles. The molecule has 1 aliphatic heterocycles. The summed E-state index contributed by atoms with van der Waals surface area (Å²) in [6.07, 6.45) is 3.15. The van der Waals surface area contributed by atoms with Crippen molar-refractivity contribution in [3.05, 3.63) is 23.2 Å². The Labute approximate surface area is 141 Å². The van der Waals surface area contributed by atoms with Crippen molar-refractivity contribution in [2.24, 2.45) is 11.3 Å². The maximum Gasteiger partial charge on any atom is 0.228 e. The number of ether oxygens (including phenoxy) is 2. The van der Waals surface area contributed by atoms with Crippen molar-refractivity contribution in [2.75, 3.05) is 38.7 Å². The van der Waals surface area contributed by atoms with E-state index in [0.717, 1.165) is 32.4 Å². The van der Waals surface area contributed by atoms with Crippen LogP contribution in [0, 0.1) is 11.3 Å². The lowest BCUT2D eigenvalue weighted by Crippen LogP contribution is -2.31. The minimum Gasteiger partial charge on any atom is -0.487 e. The third-order valence-electron chi connectivity index (χ3n) is 4.86. The summed E-state index contributed by atoms with van der Waals surface area (Å²) in [6.45, 7) is 2.87. The Morgan fingerprint density at radius 2 is 2.17 bits per heavy atom. The Balaban J connectivity index is 1.65. The lowest BCUT2D eigenvalue weighted by atomic mass is 9.92. The van der Waals surface area contributed by atoms with Gasteiger partial charge in [0.1, 0.15) is 6.61 Å². The van der Waals surface area contributed by atoms with Crippen LogP contribution < -0.4 is 15.4 Å². The minimum absolute atomic E-state index is 0.0748. The fourth-order valence-corrected chi connectivity index (χ4v) is 3.63. The van der Waals surface area contributed by atoms with Crippen LogP contribution in [-0.4, -0.2) is 39.3 Å². The van der Waals surface area contributed by atoms with E-state index in [1.165, 1.54) is 0 Å². The summed E-state index contributed by atoms with van der Waals surface area (Å²) in [5, 5.41) is 6.85. The smallest absolute Gasteiger partial charge is 0.228 e. The van der Waals surface area contributed by atoms with Gasteiger partial charge in [-0.2, -0.15) is 0 Å². The van der Waals surface area contributed by atoms with Crippen LogP contribution in [0.25, 0.3) is 0 Å². The third kappa shape index (κ3) is 3.62. The zero-order chi connectivity index (χ0) is 16.3. The summed E-state index contributed by atoms with van der Waals surface area (Å²) >= 11 is 6.20. The van der Waals surface area contributed by atoms with Gasteiger partial charge in [0.15, 0.2) is 5.75 Å². The first-order chi connectivity index (χ1) is 11.2. The molecule has 126 valence electrons. The highest BCUT2D eigenvalue weighted by Gasteiger charge is 2.57. The number of carbonyl (C=O) groups excluding carboxylic acids is 1. The number of rotatable bonds is 6. The number of nitrogens with one attached hydrogen (secondary N) is 2. The van der Waals surface area contributed by atoms with Gasteiger partial charge in [-0.05, 0) is 49.9 Å². The van der Waals surface area contributed by atoms with Gasteiger partial charge in [0, 0.05) is 13.0 Å². The molecule has 2 fully saturated rings. The van der Waals surface area contributed by atoms with E-state index < -0.39 is 0 Å². The number of para-hydroxylation sites is 1. The molecule has 1 unspecified atom stereocenters. The van der Waals surface area contributed by atoms with Gasteiger partial charge in [-0.15, -0.1) is 0 Å². The molecule has 3 rings (SSSR count). The normalized spacial score (nSPS) is 21.9. The highest BCUT2D eigenvalue weighted by Crippen LogP contribution is 2.59. The molecule has 1 aromatic rings. The van der Waals surface area contributed by atoms with Crippen molar-refractivity contribution >= 4 is 23.2 Å². The molecule has 1 amide bonds. The largest absolute Gasteiger partial charge is 0.487 e. The molecule has 1 saturated heterocycles. The molecule has 0 aromatic heterocycles. The Morgan fingerprint density at radius 1 is 1.39 bits per heavy atom. The molecule has 2 aliphatic rings. The van der Waals surface area contributed by atoms with Gasteiger partial charge < -0.3 is 20.1 Å². The van der Waals surface area contributed by atoms with Gasteiger partial charge >= 0.3 is 0 Å². The van der Waals surface area contributed by atoms with Crippen LogP contribution in [0.4, 0.5) is 5.69 Å². The molecule has 6 heteroatoms. The molecule has 1 atom stereocenters. The number of benzene rings is 1. The Kier molecular flexibility index (Phi) is 5.09. The second-order valence-electron chi connectivity index (χ2n) is 6.32. The summed E-state index contributed by atoms with van der Waals surface area (Å²) < 4.78 is 10.7. The van der Waals surface area contributed by atoms with E-state index in [0.29, 0.717) is 29.7 Å². The number of piperidine rings is 1. The number of amides is 1. The van der Waals surface area contributed by atoms with Gasteiger partial charge in [0.05, 0.1) is 17.3 Å². The van der Waals surface area contributed by atoms with Gasteiger partial charge in [0.2, 0.25) is 5.91 Å². The summed E-state index contributed by atoms with van der Waals surface area (Å²) in [7, 11) is 1.62. The molecule has 1 heterocycles. The molecular formula is C17H23ClN2O3. The van der Waals surface area contributed by atoms with Crippen LogP contribution in [0.15, 0.2) is 18.2 Å². The first kappa shape index (κ1) is 16.6. The van der Waals surface area contributed by atoms with Crippen LogP contribution in [0.2, 0.25) is 5.02 Å². The van der Waals surface area contributed by atoms with E-state index in [9.17, 15) is 4.79 Å². The summed E-state index contributed by atoms with van der Waals surface area (Å²) in [6, 6.07) is 5.39. The molecule has 0 radical (unpaired) electrons. The molecule has 5 nitrogen and oxygen atoms in total. The zero-order valence-corrected chi connectivity index (χ0v) is 14.1. The lowest BCUT2D eigenvalue weighted by molar-refractivity contribution is -0.118. The van der Waals surface area contributed by atoms with Crippen molar-refractivity contribution in [1.29, 1.82) is 0 Å². The second-order valence-corrected chi connectivity index (χ2v) is 6.72. The Hall–Kier alpha value is -1.30. The van der Waals surface area contributed by atoms with Crippen molar-refractivity contribution in [1.82, 2.24) is 5.32 Å². The highest BCUT2D eigenvalue weighted by atomic mass is 35.5. The predicted molar refractivity (Wildman–Crippen MR) is 90.1 cm³/mol. The van der Waals surface area contributed by atoms with E-state index in [1.807, 2.05) is 12.1 Å². The lowest BCUT2D eigenvalue weighted by Gasteiger charge is -2.23. The summed E-state index contributed by atoms with van der Waals surface area (Å²) in [5.74, 6) is 0.695. The van der Waals surface area contributed by atoms with Crippen molar-refractivity contribution < 1.29 is 14.3 Å². The molecule has 1 aromatic carbocycles. The summed E-state index contributed by atoms with van der Waals surface area (Å²) in [5.41, 5.74) is 0.847. The van der Waals surface area contributed by atoms with Crippen LogP contribution >= 0.6 is 11.6 Å². The first-order valence-corrected chi connectivity index (χ1v) is 8.46. The van der Waals surface area contributed by atoms with Crippen LogP contribution in [0.3, 0.4) is 0 Å². The number of halogens is 1. The zero-order valence-electron chi connectivity index (χ0n) is 13.4. The van der Waals surface area contributed by atoms with Crippen molar-refractivity contribution in [2.45, 2.75) is 19.3 Å². The van der Waals surface area contributed by atoms with Gasteiger partial charge in [0.25, 0.3) is 0 Å². The first-order valence-electron chi connectivity index (χ1n) is 8.08. The average Bonchev–Trinajstić information content (AvgIpc) is 3.24. The molecule has 0 bridgehead atoms. The fourth-order valence-electron chi connectivity index (χ4n) is 3.40. The topological polar surface area (TPSA) is 59.6 Å². The number of anilines is 1. The number of hydrogen-bond donors (Lipinski definition) is 2. The minimum atomic E-state index is 0.0748. The maximum atomic E-state index is 12.6. The van der Waals surface area contributed by atoms with Crippen molar-refractivity contribution in [3.63, 3.8) is 0 Å². The van der Waals surface area contributed by atoms with Crippen LogP contribution in [0.1, 0.15) is 19.3 Å². The molecule has 1 saturated carbocycles. The van der Waals surface area contributed by atoms with E-state index in [-0.39, 0.29) is 17.2 Å². The van der Waals surface area contributed by atoms with Crippen LogP contribution in [-0.2, 0) is 9.53 Å². The Bertz CT molecular complexity index is 573. The molecule has 2 N–H and O–H groups in total. The Morgan fingerprint density at radius 3 is 2.91 bits per heavy atom. The maximum absolute atomic E-state index is 12.6. The summed E-state index contributed by atoms with van der Waals surface area (Å²) in [4.78, 5) is 12.6. The third-order valence-corrected chi connectivity index (χ3v) is 5.16. The standard InChI is InChI=1S/C17H23ClN2O3/c1-22-9-10-23-15-13(18)3-2-4-14(15)20-16(21)12-11-17(12)5-7-19-8-6-17/h2-4,12,19H,5-11H2,1H3,(H,20,21). The number of methoxy groups -OCH3 is 1. The van der Waals surface area contributed by atoms with Crippen LogP contribution in [0.5, 0.6) is 5.75 Å². The number of hydrogen-bond acceptors (Lipinski definition) is 4. The number of carbonyl (C=O) groups is 1. The van der Waals surface area contributed by atoms with Crippen molar-refractivity contribution in [3.8, 4) is 5.75 Å². The molecule has 23 heavy (non-hydrogen) atoms. The second kappa shape index (κ2) is 7.07. The molecular weight excluding hydrogens is 316 g/mol. The predicted octanol–water partition coefficient (Wildman–Crippen LogP) is 2.69. The van der Waals surface area contributed by atoms with Gasteiger partial charge in [-0.3, -0.25) is 4.79 Å². The van der Waals surface area contributed by atoms with E-state index >= 15 is 0 Å². The fraction of sp³-hybridized carbons (Fsp3) is 0.588. The van der Waals surface area contributed by atoms with Gasteiger partial charge in [-0.1, -0.05) is 17.7 Å². The van der Waals surface area contributed by atoms with E-state index in [2.05, 4.69) is 10.6 Å². The highest BCUT2D eigenvalue weighted by molar-refractivity contribution is 6.32. The van der Waals surface area contributed by atoms with E-state index in [1.54, 1.807) is 13.2 Å².